The summed E-state index contributed by atoms with van der Waals surface area (Å²) in [4.78, 5) is 28.9. The zero-order valence-corrected chi connectivity index (χ0v) is 17.4. The van der Waals surface area contributed by atoms with Gasteiger partial charge >= 0.3 is 6.18 Å². The Hall–Kier alpha value is -3.88. The molecule has 1 aliphatic rings. The molecular weight excluding hydrogens is 433 g/mol. The first-order chi connectivity index (χ1) is 15.8. The van der Waals surface area contributed by atoms with E-state index in [1.54, 1.807) is 42.6 Å². The molecule has 0 aliphatic heterocycles. The normalized spacial score (nSPS) is 14.3. The van der Waals surface area contributed by atoms with E-state index in [-0.39, 0.29) is 24.0 Å². The second-order valence-corrected chi connectivity index (χ2v) is 7.83. The summed E-state index contributed by atoms with van der Waals surface area (Å²) in [5, 5.41) is 8.38. The van der Waals surface area contributed by atoms with Crippen LogP contribution in [0.5, 0.6) is 0 Å². The van der Waals surface area contributed by atoms with Gasteiger partial charge < -0.3 is 16.0 Å². The van der Waals surface area contributed by atoms with E-state index < -0.39 is 17.3 Å². The topological polar surface area (TPSA) is 83.1 Å². The van der Waals surface area contributed by atoms with Crippen LogP contribution in [0.1, 0.15) is 34.3 Å². The largest absolute Gasteiger partial charge is 0.418 e. The van der Waals surface area contributed by atoms with E-state index in [0.29, 0.717) is 24.1 Å². The van der Waals surface area contributed by atoms with Gasteiger partial charge in [0.2, 0.25) is 5.91 Å². The number of anilines is 2. The maximum absolute atomic E-state index is 13.2. The van der Waals surface area contributed by atoms with Gasteiger partial charge in [0.15, 0.2) is 0 Å². The third-order valence-corrected chi connectivity index (χ3v) is 5.38. The van der Waals surface area contributed by atoms with E-state index in [0.717, 1.165) is 11.6 Å². The Labute approximate surface area is 188 Å². The minimum Gasteiger partial charge on any atom is -0.355 e. The van der Waals surface area contributed by atoms with E-state index in [4.69, 9.17) is 0 Å². The van der Waals surface area contributed by atoms with Crippen molar-refractivity contribution in [2.45, 2.75) is 31.1 Å². The summed E-state index contributed by atoms with van der Waals surface area (Å²) >= 11 is 0. The van der Waals surface area contributed by atoms with E-state index in [1.807, 2.05) is 0 Å². The Kier molecular flexibility index (Phi) is 6.04. The molecule has 170 valence electrons. The van der Waals surface area contributed by atoms with Gasteiger partial charge in [0.05, 0.1) is 16.8 Å². The number of alkyl halides is 3. The van der Waals surface area contributed by atoms with Crippen molar-refractivity contribution in [2.24, 2.45) is 0 Å². The van der Waals surface area contributed by atoms with Crippen molar-refractivity contribution >= 4 is 23.2 Å². The molecule has 4 rings (SSSR count). The van der Waals surface area contributed by atoms with Crippen molar-refractivity contribution in [3.05, 3.63) is 89.7 Å². The lowest BCUT2D eigenvalue weighted by Crippen LogP contribution is -2.48. The SMILES string of the molecule is O=C(NC1(C(=O)NCc2ccc(Nc3ccccc3C(F)(F)F)cc2)CC1)c1cccnc1. The molecule has 2 aromatic carbocycles. The summed E-state index contributed by atoms with van der Waals surface area (Å²) in [6.45, 7) is 0.225. The summed E-state index contributed by atoms with van der Waals surface area (Å²) in [5.41, 5.74) is -0.0609. The zero-order valence-electron chi connectivity index (χ0n) is 17.4. The molecule has 1 saturated carbocycles. The standard InChI is InChI=1S/C24H21F3N4O2/c25-24(26,27)19-5-1-2-6-20(19)30-18-9-7-16(8-10-18)14-29-22(33)23(11-12-23)31-21(32)17-4-3-13-28-15-17/h1-10,13,15,30H,11-12,14H2,(H,29,33)(H,31,32). The van der Waals surface area contributed by atoms with Crippen LogP contribution in [0.25, 0.3) is 0 Å². The zero-order chi connectivity index (χ0) is 23.5. The average molecular weight is 454 g/mol. The highest BCUT2D eigenvalue weighted by molar-refractivity contribution is 6.00. The number of hydrogen-bond donors (Lipinski definition) is 3. The monoisotopic (exact) mass is 454 g/mol. The molecule has 0 radical (unpaired) electrons. The predicted octanol–water partition coefficient (Wildman–Crippen LogP) is 4.42. The van der Waals surface area contributed by atoms with Crippen molar-refractivity contribution in [3.8, 4) is 0 Å². The summed E-state index contributed by atoms with van der Waals surface area (Å²) in [6, 6.07) is 15.2. The molecule has 33 heavy (non-hydrogen) atoms. The molecular formula is C24H21F3N4O2. The number of aromatic nitrogens is 1. The van der Waals surface area contributed by atoms with Crippen LogP contribution in [-0.2, 0) is 17.5 Å². The Morgan fingerprint density at radius 2 is 1.70 bits per heavy atom. The highest BCUT2D eigenvalue weighted by Crippen LogP contribution is 2.37. The Bertz CT molecular complexity index is 1140. The summed E-state index contributed by atoms with van der Waals surface area (Å²) in [6.07, 6.45) is -0.365. The minimum absolute atomic E-state index is 0.0360. The minimum atomic E-state index is -4.46. The number of nitrogens with one attached hydrogen (secondary N) is 3. The molecule has 3 aromatic rings. The summed E-state index contributed by atoms with van der Waals surface area (Å²) in [7, 11) is 0. The Morgan fingerprint density at radius 3 is 2.33 bits per heavy atom. The van der Waals surface area contributed by atoms with Crippen molar-refractivity contribution in [2.75, 3.05) is 5.32 Å². The van der Waals surface area contributed by atoms with Crippen LogP contribution < -0.4 is 16.0 Å². The maximum atomic E-state index is 13.2. The van der Waals surface area contributed by atoms with Gasteiger partial charge in [-0.2, -0.15) is 13.2 Å². The molecule has 0 bridgehead atoms. The van der Waals surface area contributed by atoms with E-state index in [2.05, 4.69) is 20.9 Å². The maximum Gasteiger partial charge on any atom is 0.418 e. The number of halogens is 3. The number of hydrogen-bond acceptors (Lipinski definition) is 4. The molecule has 2 amide bonds. The van der Waals surface area contributed by atoms with Gasteiger partial charge in [-0.3, -0.25) is 14.6 Å². The van der Waals surface area contributed by atoms with Gasteiger partial charge in [0.1, 0.15) is 5.54 Å². The number of benzene rings is 2. The molecule has 3 N–H and O–H groups in total. The quantitative estimate of drug-likeness (QED) is 0.494. The fourth-order valence-corrected chi connectivity index (χ4v) is 3.37. The Morgan fingerprint density at radius 1 is 0.970 bits per heavy atom. The number of carbonyl (C=O) groups is 2. The lowest BCUT2D eigenvalue weighted by atomic mass is 10.1. The second-order valence-electron chi connectivity index (χ2n) is 7.83. The number of amides is 2. The molecule has 0 saturated heterocycles. The molecule has 1 aliphatic carbocycles. The third-order valence-electron chi connectivity index (χ3n) is 5.38. The van der Waals surface area contributed by atoms with Crippen molar-refractivity contribution < 1.29 is 22.8 Å². The third kappa shape index (κ3) is 5.31. The van der Waals surface area contributed by atoms with Gasteiger partial charge in [-0.15, -0.1) is 0 Å². The molecule has 1 aromatic heterocycles. The highest BCUT2D eigenvalue weighted by atomic mass is 19.4. The second kappa shape index (κ2) is 8.93. The fraction of sp³-hybridized carbons (Fsp3) is 0.208. The van der Waals surface area contributed by atoms with Crippen LogP contribution in [0.2, 0.25) is 0 Å². The lowest BCUT2D eigenvalue weighted by Gasteiger charge is -2.17. The number of carbonyl (C=O) groups excluding carboxylic acids is 2. The molecule has 1 heterocycles. The predicted molar refractivity (Wildman–Crippen MR) is 117 cm³/mol. The van der Waals surface area contributed by atoms with Gasteiger partial charge in [-0.05, 0) is 54.8 Å². The first-order valence-electron chi connectivity index (χ1n) is 10.3. The first-order valence-corrected chi connectivity index (χ1v) is 10.3. The molecule has 0 spiro atoms. The van der Waals surface area contributed by atoms with Crippen molar-refractivity contribution in [1.82, 2.24) is 15.6 Å². The van der Waals surface area contributed by atoms with Gasteiger partial charge in [0, 0.05) is 24.6 Å². The first kappa shape index (κ1) is 22.3. The molecule has 1 fully saturated rings. The van der Waals surface area contributed by atoms with Gasteiger partial charge in [-0.25, -0.2) is 0 Å². The highest BCUT2D eigenvalue weighted by Gasteiger charge is 2.51. The summed E-state index contributed by atoms with van der Waals surface area (Å²) in [5.74, 6) is -0.633. The Balaban J connectivity index is 1.34. The van der Waals surface area contributed by atoms with Crippen molar-refractivity contribution in [3.63, 3.8) is 0 Å². The van der Waals surface area contributed by atoms with Crippen molar-refractivity contribution in [1.29, 1.82) is 0 Å². The van der Waals surface area contributed by atoms with Gasteiger partial charge in [-0.1, -0.05) is 24.3 Å². The fourth-order valence-electron chi connectivity index (χ4n) is 3.37. The number of nitrogens with zero attached hydrogens (tertiary/aromatic N) is 1. The van der Waals surface area contributed by atoms with Gasteiger partial charge in [0.25, 0.3) is 5.91 Å². The van der Waals surface area contributed by atoms with Crippen LogP contribution in [-0.4, -0.2) is 22.3 Å². The average Bonchev–Trinajstić information content (AvgIpc) is 3.59. The van der Waals surface area contributed by atoms with Crippen LogP contribution >= 0.6 is 0 Å². The molecule has 9 heteroatoms. The summed E-state index contributed by atoms with van der Waals surface area (Å²) < 4.78 is 39.5. The van der Waals surface area contributed by atoms with Crippen LogP contribution in [0.15, 0.2) is 73.1 Å². The smallest absolute Gasteiger partial charge is 0.355 e. The molecule has 6 nitrogen and oxygen atoms in total. The number of rotatable bonds is 7. The van der Waals surface area contributed by atoms with E-state index in [1.165, 1.54) is 24.4 Å². The number of para-hydroxylation sites is 1. The molecule has 0 unspecified atom stereocenters. The van der Waals surface area contributed by atoms with E-state index >= 15 is 0 Å². The molecule has 0 atom stereocenters. The lowest BCUT2D eigenvalue weighted by molar-refractivity contribution is -0.137. The van der Waals surface area contributed by atoms with Crippen LogP contribution in [0.3, 0.4) is 0 Å². The van der Waals surface area contributed by atoms with Crippen LogP contribution in [0, 0.1) is 0 Å². The number of pyridine rings is 1. The van der Waals surface area contributed by atoms with E-state index in [9.17, 15) is 22.8 Å². The van der Waals surface area contributed by atoms with Crippen LogP contribution in [0.4, 0.5) is 24.5 Å².